The number of rotatable bonds is 6. The first-order valence-corrected chi connectivity index (χ1v) is 12.6. The topological polar surface area (TPSA) is 119 Å². The second-order valence-corrected chi connectivity index (χ2v) is 10.4. The minimum atomic E-state index is -0.290. The monoisotopic (exact) mass is 506 g/mol. The highest BCUT2D eigenvalue weighted by Gasteiger charge is 2.50. The standard InChI is InChI=1S/C24H26N8O3S/c1-15-19(7-17(9-25-15)28-21(33)13-31-5-6-35-14-24(31)3-4-24)29-22(34)18-10-27-32-12-20(36-23(18)32)16-8-26-30(2)11-16/h7-12H,3-6,13-14H2,1-2H3,(H,28,33)(H,29,34). The minimum Gasteiger partial charge on any atom is -0.378 e. The molecule has 0 atom stereocenters. The summed E-state index contributed by atoms with van der Waals surface area (Å²) >= 11 is 1.47. The summed E-state index contributed by atoms with van der Waals surface area (Å²) in [5, 5.41) is 14.4. The molecule has 4 aromatic rings. The summed E-state index contributed by atoms with van der Waals surface area (Å²) < 4.78 is 9.02. The van der Waals surface area contributed by atoms with Crippen LogP contribution in [-0.2, 0) is 16.6 Å². The number of thiazole rings is 1. The number of aromatic nitrogens is 5. The van der Waals surface area contributed by atoms with E-state index in [0.29, 0.717) is 42.4 Å². The van der Waals surface area contributed by atoms with E-state index in [-0.39, 0.29) is 17.4 Å². The lowest BCUT2D eigenvalue weighted by atomic mass is 10.2. The number of anilines is 2. The number of nitrogens with one attached hydrogen (secondary N) is 2. The Kier molecular flexibility index (Phi) is 5.58. The third-order valence-corrected chi connectivity index (χ3v) is 7.92. The Bertz CT molecular complexity index is 1470. The molecule has 1 aliphatic heterocycles. The van der Waals surface area contributed by atoms with E-state index in [4.69, 9.17) is 4.74 Å². The second-order valence-electron chi connectivity index (χ2n) is 9.36. The molecule has 6 rings (SSSR count). The molecule has 36 heavy (non-hydrogen) atoms. The lowest BCUT2D eigenvalue weighted by molar-refractivity contribution is -0.120. The van der Waals surface area contributed by atoms with Crippen LogP contribution in [0.25, 0.3) is 15.3 Å². The van der Waals surface area contributed by atoms with E-state index in [9.17, 15) is 9.59 Å². The molecule has 0 aromatic carbocycles. The molecule has 0 bridgehead atoms. The van der Waals surface area contributed by atoms with E-state index in [1.165, 1.54) is 11.3 Å². The molecule has 0 radical (unpaired) electrons. The van der Waals surface area contributed by atoms with Gasteiger partial charge < -0.3 is 15.4 Å². The zero-order chi connectivity index (χ0) is 24.9. The number of carbonyl (C=O) groups is 2. The number of aryl methyl sites for hydroxylation is 2. The van der Waals surface area contributed by atoms with Crippen molar-refractivity contribution in [3.05, 3.63) is 48.3 Å². The summed E-state index contributed by atoms with van der Waals surface area (Å²) in [4.78, 5) is 34.2. The van der Waals surface area contributed by atoms with Gasteiger partial charge >= 0.3 is 0 Å². The van der Waals surface area contributed by atoms with E-state index in [1.807, 2.05) is 26.4 Å². The quantitative estimate of drug-likeness (QED) is 0.413. The average Bonchev–Trinajstić information content (AvgIpc) is 3.16. The summed E-state index contributed by atoms with van der Waals surface area (Å²) in [6.07, 6.45) is 10.9. The van der Waals surface area contributed by atoms with Gasteiger partial charge in [0.25, 0.3) is 5.91 Å². The Hall–Kier alpha value is -3.61. The van der Waals surface area contributed by atoms with Crippen molar-refractivity contribution in [1.82, 2.24) is 29.3 Å². The lowest BCUT2D eigenvalue weighted by Gasteiger charge is -2.35. The molecular formula is C24H26N8O3S. The number of ether oxygens (including phenoxy) is 1. The lowest BCUT2D eigenvalue weighted by Crippen LogP contribution is -2.50. The molecule has 2 aliphatic rings. The normalized spacial score (nSPS) is 16.9. The van der Waals surface area contributed by atoms with Crippen LogP contribution in [0, 0.1) is 6.92 Å². The molecule has 5 heterocycles. The predicted molar refractivity (Wildman–Crippen MR) is 135 cm³/mol. The van der Waals surface area contributed by atoms with Gasteiger partial charge in [0, 0.05) is 37.1 Å². The predicted octanol–water partition coefficient (Wildman–Crippen LogP) is 2.56. The van der Waals surface area contributed by atoms with E-state index in [2.05, 4.69) is 30.7 Å². The highest BCUT2D eigenvalue weighted by Crippen LogP contribution is 2.43. The van der Waals surface area contributed by atoms with Crippen LogP contribution in [0.4, 0.5) is 11.4 Å². The highest BCUT2D eigenvalue weighted by molar-refractivity contribution is 7.21. The first kappa shape index (κ1) is 22.8. The van der Waals surface area contributed by atoms with Gasteiger partial charge in [-0.3, -0.25) is 24.2 Å². The third kappa shape index (κ3) is 4.27. The first-order valence-electron chi connectivity index (χ1n) is 11.8. The number of nitrogens with zero attached hydrogens (tertiary/aromatic N) is 6. The number of fused-ring (bicyclic) bond motifs is 1. The Morgan fingerprint density at radius 2 is 2.03 bits per heavy atom. The van der Waals surface area contributed by atoms with Crippen LogP contribution in [0.3, 0.4) is 0 Å². The largest absolute Gasteiger partial charge is 0.378 e. The maximum Gasteiger partial charge on any atom is 0.260 e. The van der Waals surface area contributed by atoms with Gasteiger partial charge in [0.1, 0.15) is 4.83 Å². The molecule has 12 heteroatoms. The summed E-state index contributed by atoms with van der Waals surface area (Å²) in [6.45, 7) is 4.22. The Morgan fingerprint density at radius 3 is 2.81 bits per heavy atom. The van der Waals surface area contributed by atoms with Gasteiger partial charge in [0.2, 0.25) is 5.91 Å². The van der Waals surface area contributed by atoms with Crippen LogP contribution in [0.2, 0.25) is 0 Å². The fourth-order valence-corrected chi connectivity index (χ4v) is 5.57. The fraction of sp³-hybridized carbons (Fsp3) is 0.375. The summed E-state index contributed by atoms with van der Waals surface area (Å²) in [5.74, 6) is -0.395. The SMILES string of the molecule is Cc1ncc(NC(=O)CN2CCOCC23CC3)cc1NC(=O)c1cnn2cc(-c3cnn(C)c3)sc12. The molecule has 186 valence electrons. The van der Waals surface area contributed by atoms with Crippen LogP contribution in [0.1, 0.15) is 28.9 Å². The van der Waals surface area contributed by atoms with Gasteiger partial charge in [-0.05, 0) is 25.8 Å². The number of pyridine rings is 1. The summed E-state index contributed by atoms with van der Waals surface area (Å²) in [6, 6.07) is 1.74. The zero-order valence-corrected chi connectivity index (χ0v) is 20.8. The van der Waals surface area contributed by atoms with Crippen LogP contribution in [0.5, 0.6) is 0 Å². The Labute approximate surface area is 211 Å². The molecule has 2 N–H and O–H groups in total. The molecule has 1 spiro atoms. The molecule has 1 aliphatic carbocycles. The molecule has 11 nitrogen and oxygen atoms in total. The zero-order valence-electron chi connectivity index (χ0n) is 20.0. The number of morpholine rings is 1. The van der Waals surface area contributed by atoms with E-state index in [0.717, 1.165) is 34.7 Å². The maximum atomic E-state index is 13.2. The second kappa shape index (κ2) is 8.80. The molecule has 1 saturated heterocycles. The van der Waals surface area contributed by atoms with Gasteiger partial charge in [-0.2, -0.15) is 10.2 Å². The smallest absolute Gasteiger partial charge is 0.260 e. The van der Waals surface area contributed by atoms with Crippen molar-refractivity contribution >= 4 is 39.4 Å². The van der Waals surface area contributed by atoms with Gasteiger partial charge in [-0.1, -0.05) is 0 Å². The van der Waals surface area contributed by atoms with Crippen LogP contribution in [0.15, 0.2) is 37.1 Å². The fourth-order valence-electron chi connectivity index (χ4n) is 4.53. The minimum absolute atomic E-state index is 0.0376. The average molecular weight is 507 g/mol. The van der Waals surface area contributed by atoms with Gasteiger partial charge in [0.05, 0.1) is 65.9 Å². The number of carbonyl (C=O) groups excluding carboxylic acids is 2. The van der Waals surface area contributed by atoms with Crippen molar-refractivity contribution in [2.45, 2.75) is 25.3 Å². The van der Waals surface area contributed by atoms with Gasteiger partial charge in [-0.25, -0.2) is 4.52 Å². The molecule has 1 saturated carbocycles. The molecule has 2 amide bonds. The van der Waals surface area contributed by atoms with E-state index >= 15 is 0 Å². The van der Waals surface area contributed by atoms with Crippen molar-refractivity contribution in [3.63, 3.8) is 0 Å². The van der Waals surface area contributed by atoms with E-state index < -0.39 is 0 Å². The summed E-state index contributed by atoms with van der Waals surface area (Å²) in [5.41, 5.74) is 3.19. The van der Waals surface area contributed by atoms with Crippen molar-refractivity contribution in [2.75, 3.05) is 36.9 Å². The van der Waals surface area contributed by atoms with Gasteiger partial charge in [0.15, 0.2) is 0 Å². The van der Waals surface area contributed by atoms with Crippen LogP contribution < -0.4 is 10.6 Å². The number of amides is 2. The van der Waals surface area contributed by atoms with E-state index in [1.54, 1.807) is 33.9 Å². The van der Waals surface area contributed by atoms with Crippen molar-refractivity contribution in [1.29, 1.82) is 0 Å². The summed E-state index contributed by atoms with van der Waals surface area (Å²) in [7, 11) is 1.86. The molecule has 0 unspecified atom stereocenters. The van der Waals surface area contributed by atoms with Crippen molar-refractivity contribution < 1.29 is 14.3 Å². The molecule has 2 fully saturated rings. The van der Waals surface area contributed by atoms with Crippen LogP contribution in [-0.4, -0.2) is 72.9 Å². The maximum absolute atomic E-state index is 13.2. The van der Waals surface area contributed by atoms with Crippen molar-refractivity contribution in [3.8, 4) is 10.4 Å². The van der Waals surface area contributed by atoms with Crippen molar-refractivity contribution in [2.24, 2.45) is 7.05 Å². The molecular weight excluding hydrogens is 480 g/mol. The van der Waals surface area contributed by atoms with Crippen LogP contribution >= 0.6 is 11.3 Å². The molecule has 4 aromatic heterocycles. The number of hydrogen-bond donors (Lipinski definition) is 2. The van der Waals surface area contributed by atoms with Gasteiger partial charge in [-0.15, -0.1) is 11.3 Å². The first-order chi connectivity index (χ1) is 17.4. The third-order valence-electron chi connectivity index (χ3n) is 6.76. The Balaban J connectivity index is 1.16. The highest BCUT2D eigenvalue weighted by atomic mass is 32.1. The number of hydrogen-bond acceptors (Lipinski definition) is 8. The Morgan fingerprint density at radius 1 is 1.17 bits per heavy atom.